The van der Waals surface area contributed by atoms with Gasteiger partial charge < -0.3 is 10.3 Å². The Kier molecular flexibility index (Phi) is 5.76. The Balaban J connectivity index is 1.51. The number of pyridine rings is 1. The van der Waals surface area contributed by atoms with E-state index in [0.717, 1.165) is 28.0 Å². The summed E-state index contributed by atoms with van der Waals surface area (Å²) in [5, 5.41) is 3.47. The number of anilines is 2. The number of rotatable bonds is 6. The largest absolute Gasteiger partial charge is 0.324 e. The lowest BCUT2D eigenvalue weighted by atomic mass is 10.2. The van der Waals surface area contributed by atoms with Crippen LogP contribution in [-0.4, -0.2) is 15.0 Å². The number of hydrogen-bond acceptors (Lipinski definition) is 5. The van der Waals surface area contributed by atoms with Crippen molar-refractivity contribution in [1.29, 1.82) is 0 Å². The molecule has 4 aromatic rings. The Bertz CT molecular complexity index is 1250. The first-order valence-corrected chi connectivity index (χ1v) is 10.2. The molecule has 0 amide bonds. The van der Waals surface area contributed by atoms with Gasteiger partial charge in [0.05, 0.1) is 5.56 Å². The number of alkyl halides is 2. The molecule has 0 atom stereocenters. The van der Waals surface area contributed by atoms with Crippen molar-refractivity contribution in [2.45, 2.75) is 24.0 Å². The summed E-state index contributed by atoms with van der Waals surface area (Å²) in [4.78, 5) is 23.7. The van der Waals surface area contributed by atoms with E-state index in [0.29, 0.717) is 5.39 Å². The maximum atomic E-state index is 12.9. The standard InChI is InChI=1S/C22H18F2N4OS/c1-13-9-16(30-12-14-5-3-2-4-6-14)7-8-18(13)26-22-25-11-15-10-17(19(23)24)21(29)27-20(15)28-22/h2-11,19H,12H2,1H3,(H2,25,26,27,28,29). The van der Waals surface area contributed by atoms with Crippen LogP contribution in [0.1, 0.15) is 23.1 Å². The summed E-state index contributed by atoms with van der Waals surface area (Å²) in [6.07, 6.45) is -1.44. The Morgan fingerprint density at radius 1 is 1.13 bits per heavy atom. The third-order valence-electron chi connectivity index (χ3n) is 4.55. The van der Waals surface area contributed by atoms with E-state index in [1.165, 1.54) is 11.8 Å². The molecule has 152 valence electrons. The minimum absolute atomic E-state index is 0.203. The van der Waals surface area contributed by atoms with Crippen molar-refractivity contribution in [1.82, 2.24) is 15.0 Å². The lowest BCUT2D eigenvalue weighted by molar-refractivity contribution is 0.150. The molecular formula is C22H18F2N4OS. The minimum atomic E-state index is -2.85. The third kappa shape index (κ3) is 4.49. The number of nitrogens with zero attached hydrogens (tertiary/aromatic N) is 2. The van der Waals surface area contributed by atoms with E-state index in [9.17, 15) is 13.6 Å². The zero-order chi connectivity index (χ0) is 21.1. The van der Waals surface area contributed by atoms with Crippen molar-refractivity contribution in [3.63, 3.8) is 0 Å². The molecule has 0 spiro atoms. The molecule has 0 bridgehead atoms. The van der Waals surface area contributed by atoms with Crippen LogP contribution in [0.15, 0.2) is 70.5 Å². The Labute approximate surface area is 175 Å². The molecule has 8 heteroatoms. The second kappa shape index (κ2) is 8.62. The monoisotopic (exact) mass is 424 g/mol. The average Bonchev–Trinajstić information content (AvgIpc) is 2.74. The van der Waals surface area contributed by atoms with Crippen molar-refractivity contribution >= 4 is 34.4 Å². The number of aryl methyl sites for hydroxylation is 1. The van der Waals surface area contributed by atoms with Crippen molar-refractivity contribution in [2.24, 2.45) is 0 Å². The summed E-state index contributed by atoms with van der Waals surface area (Å²) in [7, 11) is 0. The molecule has 2 N–H and O–H groups in total. The third-order valence-corrected chi connectivity index (χ3v) is 5.61. The van der Waals surface area contributed by atoms with Crippen LogP contribution in [-0.2, 0) is 5.75 Å². The number of nitrogens with one attached hydrogen (secondary N) is 2. The van der Waals surface area contributed by atoms with Gasteiger partial charge in [0.1, 0.15) is 5.65 Å². The SMILES string of the molecule is Cc1cc(SCc2ccccc2)ccc1Nc1ncc2cc(C(F)F)c(=O)[nH]c2n1. The molecule has 0 saturated carbocycles. The first kappa shape index (κ1) is 20.0. The maximum Gasteiger partial charge on any atom is 0.269 e. The molecule has 0 radical (unpaired) electrons. The maximum absolute atomic E-state index is 12.9. The molecule has 2 heterocycles. The predicted molar refractivity (Wildman–Crippen MR) is 116 cm³/mol. The van der Waals surface area contributed by atoms with E-state index in [2.05, 4.69) is 38.5 Å². The van der Waals surface area contributed by atoms with Crippen LogP contribution < -0.4 is 10.9 Å². The summed E-state index contributed by atoms with van der Waals surface area (Å²) < 4.78 is 25.8. The topological polar surface area (TPSA) is 70.7 Å². The minimum Gasteiger partial charge on any atom is -0.324 e. The summed E-state index contributed by atoms with van der Waals surface area (Å²) in [6, 6.07) is 17.4. The van der Waals surface area contributed by atoms with Gasteiger partial charge in [-0.2, -0.15) is 4.98 Å². The molecule has 0 saturated heterocycles. The van der Waals surface area contributed by atoms with Crippen LogP contribution in [0.2, 0.25) is 0 Å². The number of thioether (sulfide) groups is 1. The molecule has 0 aliphatic rings. The molecule has 2 aromatic heterocycles. The van der Waals surface area contributed by atoms with E-state index in [1.54, 1.807) is 11.8 Å². The van der Waals surface area contributed by atoms with Gasteiger partial charge in [-0.05, 0) is 42.3 Å². The van der Waals surface area contributed by atoms with E-state index in [-0.39, 0.29) is 11.6 Å². The zero-order valence-corrected chi connectivity index (χ0v) is 16.8. The first-order valence-electron chi connectivity index (χ1n) is 9.22. The molecule has 0 unspecified atom stereocenters. The van der Waals surface area contributed by atoms with E-state index in [4.69, 9.17) is 0 Å². The highest BCUT2D eigenvalue weighted by atomic mass is 32.2. The second-order valence-corrected chi connectivity index (χ2v) is 7.78. The smallest absolute Gasteiger partial charge is 0.269 e. The summed E-state index contributed by atoms with van der Waals surface area (Å²) >= 11 is 1.75. The van der Waals surface area contributed by atoms with E-state index >= 15 is 0 Å². The molecule has 30 heavy (non-hydrogen) atoms. The first-order chi connectivity index (χ1) is 14.5. The van der Waals surface area contributed by atoms with Gasteiger partial charge in [0, 0.05) is 27.9 Å². The van der Waals surface area contributed by atoms with Gasteiger partial charge in [0.25, 0.3) is 12.0 Å². The molecule has 2 aromatic carbocycles. The van der Waals surface area contributed by atoms with Gasteiger partial charge >= 0.3 is 0 Å². The molecule has 0 fully saturated rings. The Morgan fingerprint density at radius 3 is 2.67 bits per heavy atom. The van der Waals surface area contributed by atoms with Gasteiger partial charge in [-0.1, -0.05) is 30.3 Å². The quantitative estimate of drug-likeness (QED) is 0.394. The van der Waals surface area contributed by atoms with E-state index < -0.39 is 17.5 Å². The van der Waals surface area contributed by atoms with Crippen molar-refractivity contribution in [2.75, 3.05) is 5.32 Å². The fourth-order valence-corrected chi connectivity index (χ4v) is 3.91. The molecule has 0 aliphatic carbocycles. The van der Waals surface area contributed by atoms with Crippen LogP contribution in [0.5, 0.6) is 0 Å². The van der Waals surface area contributed by atoms with Crippen LogP contribution in [0, 0.1) is 6.92 Å². The predicted octanol–water partition coefficient (Wildman–Crippen LogP) is 5.60. The highest BCUT2D eigenvalue weighted by Crippen LogP contribution is 2.28. The number of aromatic amines is 1. The number of halogens is 2. The van der Waals surface area contributed by atoms with Gasteiger partial charge in [-0.3, -0.25) is 4.79 Å². The van der Waals surface area contributed by atoms with Gasteiger partial charge in [-0.15, -0.1) is 11.8 Å². The summed E-state index contributed by atoms with van der Waals surface area (Å²) in [5.74, 6) is 1.16. The Hall–Kier alpha value is -3.26. The molecule has 5 nitrogen and oxygen atoms in total. The van der Waals surface area contributed by atoms with Crippen LogP contribution in [0.4, 0.5) is 20.4 Å². The molecular weight excluding hydrogens is 406 g/mol. The number of H-pyrrole nitrogens is 1. The van der Waals surface area contributed by atoms with Gasteiger partial charge in [0.15, 0.2) is 0 Å². The highest BCUT2D eigenvalue weighted by molar-refractivity contribution is 7.98. The summed E-state index contributed by atoms with van der Waals surface area (Å²) in [5.41, 5.74) is 1.86. The van der Waals surface area contributed by atoms with Crippen molar-refractivity contribution in [3.05, 3.63) is 87.8 Å². The van der Waals surface area contributed by atoms with Crippen molar-refractivity contribution < 1.29 is 8.78 Å². The van der Waals surface area contributed by atoms with E-state index in [1.807, 2.05) is 37.3 Å². The highest BCUT2D eigenvalue weighted by Gasteiger charge is 2.14. The van der Waals surface area contributed by atoms with Gasteiger partial charge in [0.2, 0.25) is 5.95 Å². The van der Waals surface area contributed by atoms with Crippen LogP contribution in [0.25, 0.3) is 11.0 Å². The number of fused-ring (bicyclic) bond motifs is 1. The molecule has 0 aliphatic heterocycles. The van der Waals surface area contributed by atoms with Gasteiger partial charge in [-0.25, -0.2) is 13.8 Å². The van der Waals surface area contributed by atoms with Crippen LogP contribution in [0.3, 0.4) is 0 Å². The number of hydrogen-bond donors (Lipinski definition) is 2. The fourth-order valence-electron chi connectivity index (χ4n) is 2.96. The normalized spacial score (nSPS) is 11.2. The fraction of sp³-hybridized carbons (Fsp3) is 0.136. The van der Waals surface area contributed by atoms with Crippen molar-refractivity contribution in [3.8, 4) is 0 Å². The number of aromatic nitrogens is 3. The lowest BCUT2D eigenvalue weighted by Crippen LogP contribution is -2.13. The number of benzene rings is 2. The summed E-state index contributed by atoms with van der Waals surface area (Å²) in [6.45, 7) is 1.98. The second-order valence-electron chi connectivity index (χ2n) is 6.73. The zero-order valence-electron chi connectivity index (χ0n) is 16.0. The average molecular weight is 424 g/mol. The lowest BCUT2D eigenvalue weighted by Gasteiger charge is -2.11. The molecule has 4 rings (SSSR count). The Morgan fingerprint density at radius 2 is 1.93 bits per heavy atom. The van der Waals surface area contributed by atoms with Crippen LogP contribution >= 0.6 is 11.8 Å².